The lowest BCUT2D eigenvalue weighted by Gasteiger charge is -2.20. The van der Waals surface area contributed by atoms with E-state index < -0.39 is 0 Å². The molecule has 0 bridgehead atoms. The van der Waals surface area contributed by atoms with Crippen molar-refractivity contribution in [1.82, 2.24) is 9.88 Å². The van der Waals surface area contributed by atoms with E-state index in [9.17, 15) is 9.59 Å². The van der Waals surface area contributed by atoms with Crippen molar-refractivity contribution in [2.75, 3.05) is 12.3 Å². The third-order valence-electron chi connectivity index (χ3n) is 3.23. The molecule has 3 N–H and O–H groups in total. The highest BCUT2D eigenvalue weighted by Gasteiger charge is 2.23. The van der Waals surface area contributed by atoms with Gasteiger partial charge in [0.25, 0.3) is 5.56 Å². The Labute approximate surface area is 111 Å². The molecule has 2 rings (SSSR count). The van der Waals surface area contributed by atoms with Gasteiger partial charge in [0.2, 0.25) is 5.91 Å². The van der Waals surface area contributed by atoms with Crippen LogP contribution in [-0.2, 0) is 16.1 Å². The number of amides is 1. The standard InChI is InChI=1S/C13H19N3O3/c1-9(11-3-2-6-19-11)15-12(17)8-16-7-10(14)4-5-13(16)18/h4-5,7,9,11H,2-3,6,8,14H2,1H3,(H,15,17). The molecule has 0 spiro atoms. The molecule has 0 saturated carbocycles. The predicted octanol–water partition coefficient (Wildman–Crippen LogP) is 0.114. The van der Waals surface area contributed by atoms with Crippen LogP contribution >= 0.6 is 0 Å². The van der Waals surface area contributed by atoms with Crippen molar-refractivity contribution in [2.24, 2.45) is 0 Å². The van der Waals surface area contributed by atoms with Gasteiger partial charge in [-0.1, -0.05) is 0 Å². The normalized spacial score (nSPS) is 20.2. The summed E-state index contributed by atoms with van der Waals surface area (Å²) in [7, 11) is 0. The Balaban J connectivity index is 1.93. The van der Waals surface area contributed by atoms with Crippen LogP contribution in [0.15, 0.2) is 23.1 Å². The number of nitrogens with two attached hydrogens (primary N) is 1. The minimum Gasteiger partial charge on any atom is -0.398 e. The Morgan fingerprint density at radius 1 is 1.63 bits per heavy atom. The van der Waals surface area contributed by atoms with Crippen LogP contribution < -0.4 is 16.6 Å². The maximum absolute atomic E-state index is 11.9. The summed E-state index contributed by atoms with van der Waals surface area (Å²) in [4.78, 5) is 23.4. The number of ether oxygens (including phenoxy) is 1. The van der Waals surface area contributed by atoms with E-state index in [0.29, 0.717) is 5.69 Å². The van der Waals surface area contributed by atoms with Crippen LogP contribution in [0.3, 0.4) is 0 Å². The molecule has 1 aromatic heterocycles. The number of hydrogen-bond acceptors (Lipinski definition) is 4. The summed E-state index contributed by atoms with van der Waals surface area (Å²) in [6.45, 7) is 2.64. The van der Waals surface area contributed by atoms with Gasteiger partial charge >= 0.3 is 0 Å². The topological polar surface area (TPSA) is 86.4 Å². The first kappa shape index (κ1) is 13.6. The van der Waals surface area contributed by atoms with Gasteiger partial charge in [0.15, 0.2) is 0 Å². The first-order valence-corrected chi connectivity index (χ1v) is 6.43. The van der Waals surface area contributed by atoms with Crippen LogP contribution in [0, 0.1) is 0 Å². The third kappa shape index (κ3) is 3.57. The fraction of sp³-hybridized carbons (Fsp3) is 0.538. The Hall–Kier alpha value is -1.82. The average molecular weight is 265 g/mol. The van der Waals surface area contributed by atoms with Gasteiger partial charge in [0, 0.05) is 24.6 Å². The molecule has 0 radical (unpaired) electrons. The van der Waals surface area contributed by atoms with Crippen molar-refractivity contribution < 1.29 is 9.53 Å². The number of aromatic nitrogens is 1. The van der Waals surface area contributed by atoms with E-state index in [-0.39, 0.29) is 30.2 Å². The van der Waals surface area contributed by atoms with Crippen LogP contribution in [0.1, 0.15) is 19.8 Å². The van der Waals surface area contributed by atoms with Gasteiger partial charge < -0.3 is 20.4 Å². The predicted molar refractivity (Wildman–Crippen MR) is 71.7 cm³/mol. The van der Waals surface area contributed by atoms with Gasteiger partial charge in [0.1, 0.15) is 6.54 Å². The summed E-state index contributed by atoms with van der Waals surface area (Å²) in [5, 5.41) is 2.85. The lowest BCUT2D eigenvalue weighted by atomic mass is 10.1. The Morgan fingerprint density at radius 3 is 3.11 bits per heavy atom. The highest BCUT2D eigenvalue weighted by Crippen LogP contribution is 2.15. The zero-order valence-electron chi connectivity index (χ0n) is 11.0. The molecular weight excluding hydrogens is 246 g/mol. The number of carbonyl (C=O) groups excluding carboxylic acids is 1. The molecule has 2 heterocycles. The number of hydrogen-bond donors (Lipinski definition) is 2. The highest BCUT2D eigenvalue weighted by molar-refractivity contribution is 5.76. The van der Waals surface area contributed by atoms with Crippen LogP contribution in [0.4, 0.5) is 5.69 Å². The summed E-state index contributed by atoms with van der Waals surface area (Å²) in [5.41, 5.74) is 5.81. The van der Waals surface area contributed by atoms with E-state index in [4.69, 9.17) is 10.5 Å². The van der Waals surface area contributed by atoms with E-state index in [2.05, 4.69) is 5.32 Å². The molecule has 1 aromatic rings. The SMILES string of the molecule is CC(NC(=O)Cn1cc(N)ccc1=O)C1CCCO1. The molecule has 1 saturated heterocycles. The number of rotatable bonds is 4. The van der Waals surface area contributed by atoms with Gasteiger partial charge in [-0.25, -0.2) is 0 Å². The number of anilines is 1. The van der Waals surface area contributed by atoms with E-state index >= 15 is 0 Å². The van der Waals surface area contributed by atoms with Crippen molar-refractivity contribution in [3.63, 3.8) is 0 Å². The minimum absolute atomic E-state index is 0.0269. The largest absolute Gasteiger partial charge is 0.398 e. The molecular formula is C13H19N3O3. The van der Waals surface area contributed by atoms with Crippen LogP contribution in [0.5, 0.6) is 0 Å². The molecule has 0 aromatic carbocycles. The van der Waals surface area contributed by atoms with E-state index in [0.717, 1.165) is 19.4 Å². The van der Waals surface area contributed by atoms with Gasteiger partial charge in [-0.05, 0) is 25.8 Å². The molecule has 1 amide bonds. The summed E-state index contributed by atoms with van der Waals surface area (Å²) in [5.74, 6) is -0.212. The zero-order chi connectivity index (χ0) is 13.8. The third-order valence-corrected chi connectivity index (χ3v) is 3.23. The smallest absolute Gasteiger partial charge is 0.251 e. The number of nitrogens with one attached hydrogen (secondary N) is 1. The van der Waals surface area contributed by atoms with Gasteiger partial charge in [0.05, 0.1) is 12.1 Å². The highest BCUT2D eigenvalue weighted by atomic mass is 16.5. The fourth-order valence-electron chi connectivity index (χ4n) is 2.22. The van der Waals surface area contributed by atoms with Crippen molar-refractivity contribution in [3.8, 4) is 0 Å². The second-order valence-electron chi connectivity index (χ2n) is 4.84. The monoisotopic (exact) mass is 265 g/mol. The van der Waals surface area contributed by atoms with Crippen molar-refractivity contribution in [2.45, 2.75) is 38.5 Å². The average Bonchev–Trinajstić information content (AvgIpc) is 2.87. The first-order valence-electron chi connectivity index (χ1n) is 6.43. The molecule has 1 aliphatic heterocycles. The maximum atomic E-state index is 11.9. The van der Waals surface area contributed by atoms with Crippen LogP contribution in [0.2, 0.25) is 0 Å². The number of pyridine rings is 1. The Morgan fingerprint density at radius 2 is 2.42 bits per heavy atom. The number of nitrogens with zero attached hydrogens (tertiary/aromatic N) is 1. The van der Waals surface area contributed by atoms with Crippen molar-refractivity contribution in [1.29, 1.82) is 0 Å². The van der Waals surface area contributed by atoms with E-state index in [1.165, 1.54) is 22.9 Å². The summed E-state index contributed by atoms with van der Waals surface area (Å²) in [6.07, 6.45) is 3.53. The van der Waals surface area contributed by atoms with Crippen molar-refractivity contribution in [3.05, 3.63) is 28.7 Å². The van der Waals surface area contributed by atoms with Crippen LogP contribution in [0.25, 0.3) is 0 Å². The number of nitrogen functional groups attached to an aromatic ring is 1. The van der Waals surface area contributed by atoms with E-state index in [1.54, 1.807) is 0 Å². The first-order chi connectivity index (χ1) is 9.06. The molecule has 6 heteroatoms. The summed E-state index contributed by atoms with van der Waals surface area (Å²) < 4.78 is 6.80. The molecule has 2 unspecified atom stereocenters. The lowest BCUT2D eigenvalue weighted by molar-refractivity contribution is -0.123. The van der Waals surface area contributed by atoms with Crippen LogP contribution in [-0.4, -0.2) is 29.2 Å². The second kappa shape index (κ2) is 5.88. The molecule has 2 atom stereocenters. The second-order valence-corrected chi connectivity index (χ2v) is 4.84. The molecule has 1 fully saturated rings. The van der Waals surface area contributed by atoms with Crippen molar-refractivity contribution >= 4 is 11.6 Å². The fourth-order valence-corrected chi connectivity index (χ4v) is 2.22. The summed E-state index contributed by atoms with van der Waals surface area (Å²) >= 11 is 0. The quantitative estimate of drug-likeness (QED) is 0.809. The Bertz CT molecular complexity index is 506. The van der Waals surface area contributed by atoms with E-state index in [1.807, 2.05) is 6.92 Å². The zero-order valence-corrected chi connectivity index (χ0v) is 11.0. The minimum atomic E-state index is -0.242. The number of carbonyl (C=O) groups is 1. The maximum Gasteiger partial charge on any atom is 0.251 e. The summed E-state index contributed by atoms with van der Waals surface area (Å²) in [6, 6.07) is 2.82. The molecule has 104 valence electrons. The van der Waals surface area contributed by atoms with Gasteiger partial charge in [-0.15, -0.1) is 0 Å². The van der Waals surface area contributed by atoms with Gasteiger partial charge in [-0.2, -0.15) is 0 Å². The lowest BCUT2D eigenvalue weighted by Crippen LogP contribution is -2.43. The Kier molecular flexibility index (Phi) is 4.21. The molecule has 0 aliphatic carbocycles. The molecule has 19 heavy (non-hydrogen) atoms. The molecule has 6 nitrogen and oxygen atoms in total. The van der Waals surface area contributed by atoms with Gasteiger partial charge in [-0.3, -0.25) is 9.59 Å². The molecule has 1 aliphatic rings.